The van der Waals surface area contributed by atoms with Crippen LogP contribution in [0.5, 0.6) is 0 Å². The molecule has 0 saturated carbocycles. The summed E-state index contributed by atoms with van der Waals surface area (Å²) in [7, 11) is 0. The number of hydrogen-bond acceptors (Lipinski definition) is 2. The van der Waals surface area contributed by atoms with Crippen LogP contribution in [-0.4, -0.2) is 11.5 Å². The molecule has 0 aromatic carbocycles. The van der Waals surface area contributed by atoms with Gasteiger partial charge in [0.1, 0.15) is 0 Å². The first-order valence-electron chi connectivity index (χ1n) is 4.50. The average molecular weight is 171 g/mol. The van der Waals surface area contributed by atoms with Gasteiger partial charge in [0, 0.05) is 11.3 Å². The zero-order chi connectivity index (χ0) is 9.23. The lowest BCUT2D eigenvalue weighted by molar-refractivity contribution is -0.480. The third-order valence-electron chi connectivity index (χ3n) is 1.70. The first-order valence-corrected chi connectivity index (χ1v) is 4.50. The summed E-state index contributed by atoms with van der Waals surface area (Å²) in [6.45, 7) is 2.14. The van der Waals surface area contributed by atoms with E-state index in [9.17, 15) is 10.1 Å². The quantitative estimate of drug-likeness (QED) is 0.256. The molecule has 0 rings (SSSR count). The molecule has 70 valence electrons. The van der Waals surface area contributed by atoms with E-state index in [0.29, 0.717) is 0 Å². The highest BCUT2D eigenvalue weighted by Gasteiger charge is 1.95. The Hall–Kier alpha value is -0.860. The van der Waals surface area contributed by atoms with Crippen molar-refractivity contribution in [1.29, 1.82) is 0 Å². The van der Waals surface area contributed by atoms with E-state index in [1.54, 1.807) is 0 Å². The molecule has 12 heavy (non-hydrogen) atoms. The van der Waals surface area contributed by atoms with E-state index in [1.807, 2.05) is 13.0 Å². The standard InChI is InChI=1S/C9H17NO2/c1-2-3-4-5-6-7-8-9-10(11)12/h2-3H,4-9H2,1H3. The minimum Gasteiger partial charge on any atom is -0.265 e. The zero-order valence-corrected chi connectivity index (χ0v) is 7.66. The second kappa shape index (κ2) is 8.24. The Morgan fingerprint density at radius 3 is 2.50 bits per heavy atom. The van der Waals surface area contributed by atoms with E-state index in [4.69, 9.17) is 0 Å². The Kier molecular flexibility index (Phi) is 7.65. The third kappa shape index (κ3) is 9.14. The molecule has 0 spiro atoms. The summed E-state index contributed by atoms with van der Waals surface area (Å²) >= 11 is 0. The lowest BCUT2D eigenvalue weighted by Crippen LogP contribution is -1.99. The van der Waals surface area contributed by atoms with Gasteiger partial charge >= 0.3 is 0 Å². The molecule has 0 amide bonds. The predicted octanol–water partition coefficient (Wildman–Crippen LogP) is 2.79. The summed E-state index contributed by atoms with van der Waals surface area (Å²) in [6.07, 6.45) is 9.25. The van der Waals surface area contributed by atoms with Gasteiger partial charge in [-0.15, -0.1) is 0 Å². The van der Waals surface area contributed by atoms with Gasteiger partial charge < -0.3 is 0 Å². The summed E-state index contributed by atoms with van der Waals surface area (Å²) in [5.41, 5.74) is 0. The highest BCUT2D eigenvalue weighted by atomic mass is 16.6. The van der Waals surface area contributed by atoms with Crippen LogP contribution < -0.4 is 0 Å². The molecule has 0 aromatic rings. The molecule has 0 aromatic heterocycles. The van der Waals surface area contributed by atoms with Crippen molar-refractivity contribution < 1.29 is 4.92 Å². The van der Waals surface area contributed by atoms with Crippen LogP contribution in [0, 0.1) is 10.1 Å². The van der Waals surface area contributed by atoms with Gasteiger partial charge in [0.2, 0.25) is 6.54 Å². The molecular formula is C9H17NO2. The topological polar surface area (TPSA) is 43.1 Å². The van der Waals surface area contributed by atoms with Gasteiger partial charge in [-0.2, -0.15) is 0 Å². The number of allylic oxidation sites excluding steroid dienone is 2. The molecule has 0 unspecified atom stereocenters. The lowest BCUT2D eigenvalue weighted by atomic mass is 10.1. The fourth-order valence-corrected chi connectivity index (χ4v) is 1.02. The van der Waals surface area contributed by atoms with Crippen LogP contribution in [0.4, 0.5) is 0 Å². The number of nitro groups is 1. The van der Waals surface area contributed by atoms with E-state index >= 15 is 0 Å². The summed E-state index contributed by atoms with van der Waals surface area (Å²) < 4.78 is 0. The number of nitrogens with zero attached hydrogens (tertiary/aromatic N) is 1. The van der Waals surface area contributed by atoms with Crippen molar-refractivity contribution in [3.05, 3.63) is 22.3 Å². The molecule has 0 N–H and O–H groups in total. The monoisotopic (exact) mass is 171 g/mol. The Balaban J connectivity index is 2.96. The molecule has 0 fully saturated rings. The summed E-state index contributed by atoms with van der Waals surface area (Å²) in [5, 5.41) is 9.93. The Morgan fingerprint density at radius 2 is 1.92 bits per heavy atom. The van der Waals surface area contributed by atoms with E-state index < -0.39 is 0 Å². The molecule has 0 aliphatic heterocycles. The second-order valence-corrected chi connectivity index (χ2v) is 2.83. The second-order valence-electron chi connectivity index (χ2n) is 2.83. The molecule has 3 nitrogen and oxygen atoms in total. The van der Waals surface area contributed by atoms with Crippen molar-refractivity contribution in [2.24, 2.45) is 0 Å². The summed E-state index contributed by atoms with van der Waals surface area (Å²) in [4.78, 5) is 9.68. The molecule has 0 radical (unpaired) electrons. The number of unbranched alkanes of at least 4 members (excludes halogenated alkanes) is 4. The Bertz CT molecular complexity index is 143. The zero-order valence-electron chi connectivity index (χ0n) is 7.66. The van der Waals surface area contributed by atoms with Crippen LogP contribution in [0.1, 0.15) is 39.0 Å². The van der Waals surface area contributed by atoms with Crippen LogP contribution in [0.25, 0.3) is 0 Å². The van der Waals surface area contributed by atoms with Crippen molar-refractivity contribution in [2.75, 3.05) is 6.54 Å². The molecule has 3 heteroatoms. The van der Waals surface area contributed by atoms with Crippen molar-refractivity contribution in [3.63, 3.8) is 0 Å². The maximum Gasteiger partial charge on any atom is 0.203 e. The van der Waals surface area contributed by atoms with E-state index in [0.717, 1.165) is 32.1 Å². The van der Waals surface area contributed by atoms with Gasteiger partial charge in [-0.3, -0.25) is 10.1 Å². The van der Waals surface area contributed by atoms with Crippen LogP contribution in [0.15, 0.2) is 12.2 Å². The SMILES string of the molecule is CC=CCCCCCC[N+](=O)[O-]. The largest absolute Gasteiger partial charge is 0.265 e. The molecule has 0 atom stereocenters. The van der Waals surface area contributed by atoms with Crippen molar-refractivity contribution in [1.82, 2.24) is 0 Å². The molecule has 0 aliphatic rings. The van der Waals surface area contributed by atoms with Crippen LogP contribution >= 0.6 is 0 Å². The maximum absolute atomic E-state index is 9.93. The Labute approximate surface area is 73.6 Å². The van der Waals surface area contributed by atoms with Gasteiger partial charge in [-0.1, -0.05) is 18.6 Å². The van der Waals surface area contributed by atoms with Crippen molar-refractivity contribution >= 4 is 0 Å². The molecule has 0 heterocycles. The van der Waals surface area contributed by atoms with Gasteiger partial charge in [-0.25, -0.2) is 0 Å². The summed E-state index contributed by atoms with van der Waals surface area (Å²) in [5.74, 6) is 0. The van der Waals surface area contributed by atoms with Crippen molar-refractivity contribution in [3.8, 4) is 0 Å². The average Bonchev–Trinajstić information content (AvgIpc) is 2.02. The van der Waals surface area contributed by atoms with Crippen LogP contribution in [-0.2, 0) is 0 Å². The third-order valence-corrected chi connectivity index (χ3v) is 1.70. The first-order chi connectivity index (χ1) is 5.77. The lowest BCUT2D eigenvalue weighted by Gasteiger charge is -1.95. The fraction of sp³-hybridized carbons (Fsp3) is 0.778. The first kappa shape index (κ1) is 11.1. The number of hydrogen-bond donors (Lipinski definition) is 0. The van der Waals surface area contributed by atoms with E-state index in [1.165, 1.54) is 0 Å². The maximum atomic E-state index is 9.93. The normalized spacial score (nSPS) is 10.8. The van der Waals surface area contributed by atoms with Gasteiger partial charge in [0.15, 0.2) is 0 Å². The predicted molar refractivity (Wildman–Crippen MR) is 49.8 cm³/mol. The molecule has 0 aliphatic carbocycles. The minimum atomic E-state index is -0.244. The highest BCUT2D eigenvalue weighted by Crippen LogP contribution is 2.03. The van der Waals surface area contributed by atoms with Crippen molar-refractivity contribution in [2.45, 2.75) is 39.0 Å². The Morgan fingerprint density at radius 1 is 1.25 bits per heavy atom. The molecule has 0 bridgehead atoms. The highest BCUT2D eigenvalue weighted by molar-refractivity contribution is 4.76. The smallest absolute Gasteiger partial charge is 0.203 e. The fourth-order valence-electron chi connectivity index (χ4n) is 1.02. The van der Waals surface area contributed by atoms with Gasteiger partial charge in [0.05, 0.1) is 0 Å². The van der Waals surface area contributed by atoms with Gasteiger partial charge in [0.25, 0.3) is 0 Å². The molecular weight excluding hydrogens is 154 g/mol. The van der Waals surface area contributed by atoms with Crippen LogP contribution in [0.2, 0.25) is 0 Å². The molecule has 0 saturated heterocycles. The van der Waals surface area contributed by atoms with Crippen LogP contribution in [0.3, 0.4) is 0 Å². The number of rotatable bonds is 7. The minimum absolute atomic E-state index is 0.129. The van der Waals surface area contributed by atoms with E-state index in [-0.39, 0.29) is 11.5 Å². The van der Waals surface area contributed by atoms with E-state index in [2.05, 4.69) is 6.08 Å². The summed E-state index contributed by atoms with van der Waals surface area (Å²) in [6, 6.07) is 0. The van der Waals surface area contributed by atoms with Gasteiger partial charge in [-0.05, 0) is 26.2 Å².